The molecule has 2 heteroatoms. The van der Waals surface area contributed by atoms with Gasteiger partial charge in [-0.05, 0) is 60.7 Å². The average molecular weight is 378 g/mol. The molecule has 1 aromatic heterocycles. The van der Waals surface area contributed by atoms with Crippen LogP contribution in [0.15, 0.2) is 97.1 Å². The Labute approximate surface area is 168 Å². The van der Waals surface area contributed by atoms with Gasteiger partial charge >= 0.3 is 0 Å². The van der Waals surface area contributed by atoms with Gasteiger partial charge in [0.15, 0.2) is 0 Å². The van der Waals surface area contributed by atoms with Crippen molar-refractivity contribution in [1.82, 2.24) is 4.57 Å². The van der Waals surface area contributed by atoms with Crippen LogP contribution in [0.2, 0.25) is 5.02 Å². The number of hydrogen-bond acceptors (Lipinski definition) is 0. The number of hydrogen-bond donors (Lipinski definition) is 0. The van der Waals surface area contributed by atoms with E-state index in [0.29, 0.717) is 0 Å². The van der Waals surface area contributed by atoms with Crippen LogP contribution >= 0.6 is 11.6 Å². The second-order valence-corrected chi connectivity index (χ2v) is 7.11. The van der Waals surface area contributed by atoms with E-state index in [4.69, 9.17) is 11.6 Å². The first-order chi connectivity index (χ1) is 13.8. The molecule has 0 aliphatic rings. The van der Waals surface area contributed by atoms with E-state index in [9.17, 15) is 0 Å². The van der Waals surface area contributed by atoms with E-state index < -0.39 is 0 Å². The van der Waals surface area contributed by atoms with Gasteiger partial charge in [0.1, 0.15) is 0 Å². The highest BCUT2D eigenvalue weighted by Crippen LogP contribution is 2.31. The third-order valence-corrected chi connectivity index (χ3v) is 5.15. The molecule has 5 aromatic rings. The van der Waals surface area contributed by atoms with Gasteiger partial charge in [0.25, 0.3) is 0 Å². The predicted octanol–water partition coefficient (Wildman–Crippen LogP) is 6.84. The first-order valence-electron chi connectivity index (χ1n) is 9.16. The number of halogens is 1. The Balaban J connectivity index is 1.57. The van der Waals surface area contributed by atoms with Crippen molar-refractivity contribution in [3.8, 4) is 17.5 Å². The fourth-order valence-electron chi connectivity index (χ4n) is 3.57. The molecule has 0 amide bonds. The van der Waals surface area contributed by atoms with Crippen LogP contribution in [0.4, 0.5) is 0 Å². The highest BCUT2D eigenvalue weighted by molar-refractivity contribution is 6.30. The van der Waals surface area contributed by atoms with Gasteiger partial charge in [-0.1, -0.05) is 59.8 Å². The van der Waals surface area contributed by atoms with E-state index in [1.54, 1.807) is 0 Å². The van der Waals surface area contributed by atoms with E-state index in [0.717, 1.165) is 21.8 Å². The summed E-state index contributed by atoms with van der Waals surface area (Å²) in [5, 5.41) is 3.26. The molecular weight excluding hydrogens is 362 g/mol. The Morgan fingerprint density at radius 2 is 1.00 bits per heavy atom. The summed E-state index contributed by atoms with van der Waals surface area (Å²) in [4.78, 5) is 0. The topological polar surface area (TPSA) is 4.93 Å². The molecule has 0 radical (unpaired) electrons. The van der Waals surface area contributed by atoms with Gasteiger partial charge in [-0.25, -0.2) is 0 Å². The summed E-state index contributed by atoms with van der Waals surface area (Å²) >= 11 is 5.93. The van der Waals surface area contributed by atoms with Gasteiger partial charge < -0.3 is 4.57 Å². The largest absolute Gasteiger partial charge is 0.309 e. The Morgan fingerprint density at radius 3 is 1.54 bits per heavy atom. The molecule has 0 unspecified atom stereocenters. The zero-order valence-electron chi connectivity index (χ0n) is 15.1. The van der Waals surface area contributed by atoms with Crippen molar-refractivity contribution in [3.63, 3.8) is 0 Å². The highest BCUT2D eigenvalue weighted by Gasteiger charge is 2.10. The molecule has 0 saturated heterocycles. The lowest BCUT2D eigenvalue weighted by Gasteiger charge is -2.07. The van der Waals surface area contributed by atoms with Crippen LogP contribution < -0.4 is 0 Å². The van der Waals surface area contributed by atoms with E-state index in [1.165, 1.54) is 21.8 Å². The van der Waals surface area contributed by atoms with Crippen molar-refractivity contribution in [3.05, 3.63) is 113 Å². The Bertz CT molecular complexity index is 1290. The van der Waals surface area contributed by atoms with Crippen LogP contribution in [0.1, 0.15) is 11.1 Å². The fraction of sp³-hybridized carbons (Fsp3) is 0. The van der Waals surface area contributed by atoms with Crippen molar-refractivity contribution >= 4 is 33.4 Å². The minimum absolute atomic E-state index is 0.723. The van der Waals surface area contributed by atoms with Crippen molar-refractivity contribution in [2.24, 2.45) is 0 Å². The first kappa shape index (κ1) is 16.7. The SMILES string of the molecule is Clc1ccc(C#Cc2ccc(-n3c4ccccc4c4ccccc43)cc2)cc1. The molecule has 0 N–H and O–H groups in total. The maximum absolute atomic E-state index is 5.93. The fourth-order valence-corrected chi connectivity index (χ4v) is 3.70. The van der Waals surface area contributed by atoms with Crippen LogP contribution in [0.25, 0.3) is 27.5 Å². The van der Waals surface area contributed by atoms with Crippen LogP contribution in [0.5, 0.6) is 0 Å². The summed E-state index contributed by atoms with van der Waals surface area (Å²) < 4.78 is 2.31. The summed E-state index contributed by atoms with van der Waals surface area (Å²) in [5.41, 5.74) is 5.50. The van der Waals surface area contributed by atoms with E-state index in [-0.39, 0.29) is 0 Å². The minimum atomic E-state index is 0.723. The lowest BCUT2D eigenvalue weighted by molar-refractivity contribution is 1.18. The van der Waals surface area contributed by atoms with Gasteiger partial charge in [0.05, 0.1) is 11.0 Å². The summed E-state index contributed by atoms with van der Waals surface area (Å²) in [6.07, 6.45) is 0. The average Bonchev–Trinajstić information content (AvgIpc) is 3.08. The molecule has 1 heterocycles. The Kier molecular flexibility index (Phi) is 4.13. The van der Waals surface area contributed by atoms with Gasteiger partial charge in [-0.3, -0.25) is 0 Å². The standard InChI is InChI=1S/C26H16ClN/c27-21-15-11-19(12-16-21)9-10-20-13-17-22(18-14-20)28-25-7-3-1-5-23(25)24-6-2-4-8-26(24)28/h1-8,11-18H. The molecule has 0 spiro atoms. The van der Waals surface area contributed by atoms with Crippen molar-refractivity contribution in [2.45, 2.75) is 0 Å². The molecule has 1 nitrogen and oxygen atoms in total. The maximum Gasteiger partial charge on any atom is 0.0541 e. The van der Waals surface area contributed by atoms with Crippen molar-refractivity contribution < 1.29 is 0 Å². The number of fused-ring (bicyclic) bond motifs is 3. The minimum Gasteiger partial charge on any atom is -0.309 e. The summed E-state index contributed by atoms with van der Waals surface area (Å²) in [7, 11) is 0. The monoisotopic (exact) mass is 377 g/mol. The Morgan fingerprint density at radius 1 is 0.536 bits per heavy atom. The third kappa shape index (κ3) is 2.95. The number of rotatable bonds is 1. The summed E-state index contributed by atoms with van der Waals surface area (Å²) in [5.74, 6) is 6.41. The number of benzene rings is 4. The van der Waals surface area contributed by atoms with E-state index in [1.807, 2.05) is 24.3 Å². The van der Waals surface area contributed by atoms with Gasteiger partial charge in [-0.15, -0.1) is 0 Å². The molecule has 0 fully saturated rings. The van der Waals surface area contributed by atoms with Gasteiger partial charge in [0, 0.05) is 32.6 Å². The zero-order chi connectivity index (χ0) is 18.9. The molecule has 0 bridgehead atoms. The number of para-hydroxylation sites is 2. The smallest absolute Gasteiger partial charge is 0.0541 e. The molecule has 5 rings (SSSR count). The Hall–Kier alpha value is -3.47. The lowest BCUT2D eigenvalue weighted by Crippen LogP contribution is -1.93. The second-order valence-electron chi connectivity index (χ2n) is 6.67. The van der Waals surface area contributed by atoms with Crippen LogP contribution in [0, 0.1) is 11.8 Å². The van der Waals surface area contributed by atoms with Gasteiger partial charge in [0.2, 0.25) is 0 Å². The lowest BCUT2D eigenvalue weighted by atomic mass is 10.1. The molecule has 4 aromatic carbocycles. The molecule has 0 aliphatic heterocycles. The summed E-state index contributed by atoms with van der Waals surface area (Å²) in [6, 6.07) is 33.0. The third-order valence-electron chi connectivity index (χ3n) is 4.90. The van der Waals surface area contributed by atoms with Crippen LogP contribution in [0.3, 0.4) is 0 Å². The molecule has 0 aliphatic carbocycles. The maximum atomic E-state index is 5.93. The van der Waals surface area contributed by atoms with Crippen molar-refractivity contribution in [1.29, 1.82) is 0 Å². The van der Waals surface area contributed by atoms with E-state index >= 15 is 0 Å². The second kappa shape index (κ2) is 6.93. The van der Waals surface area contributed by atoms with Crippen LogP contribution in [-0.4, -0.2) is 4.57 Å². The first-order valence-corrected chi connectivity index (χ1v) is 9.54. The number of nitrogens with zero attached hydrogens (tertiary/aromatic N) is 1. The molecular formula is C26H16ClN. The van der Waals surface area contributed by atoms with Crippen molar-refractivity contribution in [2.75, 3.05) is 0 Å². The highest BCUT2D eigenvalue weighted by atomic mass is 35.5. The molecule has 28 heavy (non-hydrogen) atoms. The van der Waals surface area contributed by atoms with Crippen LogP contribution in [-0.2, 0) is 0 Å². The molecule has 0 atom stereocenters. The number of aromatic nitrogens is 1. The molecule has 0 saturated carbocycles. The van der Waals surface area contributed by atoms with E-state index in [2.05, 4.69) is 89.2 Å². The quantitative estimate of drug-likeness (QED) is 0.282. The zero-order valence-corrected chi connectivity index (χ0v) is 15.8. The normalized spacial score (nSPS) is 10.8. The molecule has 132 valence electrons. The predicted molar refractivity (Wildman–Crippen MR) is 118 cm³/mol. The summed E-state index contributed by atoms with van der Waals surface area (Å²) in [6.45, 7) is 0. The van der Waals surface area contributed by atoms with Gasteiger partial charge in [-0.2, -0.15) is 0 Å².